The van der Waals surface area contributed by atoms with Gasteiger partial charge in [-0.1, -0.05) is 48.5 Å². The number of rotatable bonds is 7. The lowest BCUT2D eigenvalue weighted by Gasteiger charge is -2.34. The van der Waals surface area contributed by atoms with E-state index in [2.05, 4.69) is 22.2 Å². The molecule has 4 rings (SSSR count). The van der Waals surface area contributed by atoms with Crippen molar-refractivity contribution in [3.8, 4) is 0 Å². The van der Waals surface area contributed by atoms with Crippen molar-refractivity contribution in [1.29, 1.82) is 0 Å². The molecule has 2 saturated carbocycles. The van der Waals surface area contributed by atoms with Crippen LogP contribution in [0, 0.1) is 0 Å². The van der Waals surface area contributed by atoms with E-state index in [1.54, 1.807) is 30.3 Å². The Labute approximate surface area is 166 Å². The van der Waals surface area contributed by atoms with Crippen LogP contribution in [0.4, 0.5) is 4.39 Å². The van der Waals surface area contributed by atoms with Crippen molar-refractivity contribution in [2.75, 3.05) is 6.54 Å². The van der Waals surface area contributed by atoms with Gasteiger partial charge < -0.3 is 5.32 Å². The fourth-order valence-corrected chi connectivity index (χ4v) is 5.45. The van der Waals surface area contributed by atoms with Crippen LogP contribution in [0.15, 0.2) is 65.6 Å². The van der Waals surface area contributed by atoms with Gasteiger partial charge in [-0.25, -0.2) is 17.5 Å². The molecular formula is C22H27FN2O2S. The lowest BCUT2D eigenvalue weighted by atomic mass is 9.84. The van der Waals surface area contributed by atoms with E-state index >= 15 is 4.39 Å². The number of hydrogen-bond acceptors (Lipinski definition) is 3. The van der Waals surface area contributed by atoms with E-state index in [1.165, 1.54) is 5.56 Å². The van der Waals surface area contributed by atoms with Crippen LogP contribution >= 0.6 is 0 Å². The fraction of sp³-hybridized carbons (Fsp3) is 0.455. The average molecular weight is 403 g/mol. The number of nitrogens with one attached hydrogen (secondary N) is 2. The molecule has 150 valence electrons. The minimum atomic E-state index is -3.54. The Morgan fingerprint density at radius 3 is 2.21 bits per heavy atom. The maximum absolute atomic E-state index is 15.2. The first-order chi connectivity index (χ1) is 13.5. The van der Waals surface area contributed by atoms with Crippen LogP contribution in [-0.4, -0.2) is 32.7 Å². The van der Waals surface area contributed by atoms with Gasteiger partial charge in [0.1, 0.15) is 5.67 Å². The molecule has 0 radical (unpaired) electrons. The van der Waals surface area contributed by atoms with Crippen LogP contribution in [0.25, 0.3) is 0 Å². The van der Waals surface area contributed by atoms with Gasteiger partial charge in [-0.3, -0.25) is 0 Å². The highest BCUT2D eigenvalue weighted by molar-refractivity contribution is 7.89. The summed E-state index contributed by atoms with van der Waals surface area (Å²) in [7, 11) is -3.54. The SMILES string of the molecule is O=S(=O)(NC1CCC(F)(CN[C@@H]2C[C@H]2c2ccccc2)CC1)c1ccccc1. The molecule has 2 aliphatic carbocycles. The van der Waals surface area contributed by atoms with Crippen LogP contribution in [0.2, 0.25) is 0 Å². The summed E-state index contributed by atoms with van der Waals surface area (Å²) in [6.45, 7) is 0.346. The Morgan fingerprint density at radius 1 is 0.964 bits per heavy atom. The third-order valence-electron chi connectivity index (χ3n) is 5.96. The molecule has 0 spiro atoms. The molecule has 0 aliphatic heterocycles. The third kappa shape index (κ3) is 4.62. The Kier molecular flexibility index (Phi) is 5.54. The van der Waals surface area contributed by atoms with Crippen molar-refractivity contribution >= 4 is 10.0 Å². The molecule has 2 fully saturated rings. The second-order valence-corrected chi connectivity index (χ2v) is 9.81. The van der Waals surface area contributed by atoms with E-state index in [1.807, 2.05) is 18.2 Å². The molecule has 0 heterocycles. The molecule has 0 saturated heterocycles. The molecule has 2 aromatic rings. The molecule has 4 nitrogen and oxygen atoms in total. The first-order valence-electron chi connectivity index (χ1n) is 10.00. The van der Waals surface area contributed by atoms with E-state index in [9.17, 15) is 8.42 Å². The molecule has 0 amide bonds. The third-order valence-corrected chi connectivity index (χ3v) is 7.49. The van der Waals surface area contributed by atoms with Crippen molar-refractivity contribution in [2.45, 2.75) is 60.7 Å². The number of benzene rings is 2. The number of hydrogen-bond donors (Lipinski definition) is 2. The largest absolute Gasteiger partial charge is 0.310 e. The van der Waals surface area contributed by atoms with E-state index in [-0.39, 0.29) is 10.9 Å². The number of sulfonamides is 1. The first kappa shape index (κ1) is 19.6. The van der Waals surface area contributed by atoms with Crippen molar-refractivity contribution in [2.24, 2.45) is 0 Å². The van der Waals surface area contributed by atoms with Gasteiger partial charge in [0.05, 0.1) is 4.90 Å². The Balaban J connectivity index is 1.25. The van der Waals surface area contributed by atoms with E-state index in [0.29, 0.717) is 44.2 Å². The van der Waals surface area contributed by atoms with Gasteiger partial charge >= 0.3 is 0 Å². The van der Waals surface area contributed by atoms with Gasteiger partial charge in [0.25, 0.3) is 0 Å². The van der Waals surface area contributed by atoms with Gasteiger partial charge in [-0.15, -0.1) is 0 Å². The van der Waals surface area contributed by atoms with Crippen LogP contribution in [0.1, 0.15) is 43.6 Å². The van der Waals surface area contributed by atoms with Crippen molar-refractivity contribution in [3.63, 3.8) is 0 Å². The number of halogens is 1. The topological polar surface area (TPSA) is 58.2 Å². The summed E-state index contributed by atoms with van der Waals surface area (Å²) in [6, 6.07) is 18.8. The van der Waals surface area contributed by atoms with Gasteiger partial charge in [0, 0.05) is 24.5 Å². The summed E-state index contributed by atoms with van der Waals surface area (Å²) < 4.78 is 42.8. The average Bonchev–Trinajstić information content (AvgIpc) is 3.50. The standard InChI is InChI=1S/C22H27FN2O2S/c23-22(16-24-21-15-20(21)17-7-3-1-4-8-17)13-11-18(12-14-22)25-28(26,27)19-9-5-2-6-10-19/h1-10,18,20-21,24-25H,11-16H2/t18?,20-,21+,22?/m0/s1. The smallest absolute Gasteiger partial charge is 0.240 e. The Bertz CT molecular complexity index is 881. The predicted octanol–water partition coefficient (Wildman–Crippen LogP) is 3.76. The zero-order chi connectivity index (χ0) is 19.6. The monoisotopic (exact) mass is 402 g/mol. The van der Waals surface area contributed by atoms with E-state index in [4.69, 9.17) is 0 Å². The van der Waals surface area contributed by atoms with Crippen LogP contribution in [-0.2, 0) is 10.0 Å². The molecule has 28 heavy (non-hydrogen) atoms. The van der Waals surface area contributed by atoms with Crippen LogP contribution in [0.5, 0.6) is 0 Å². The highest BCUT2D eigenvalue weighted by Crippen LogP contribution is 2.41. The molecular weight excluding hydrogens is 375 g/mol. The van der Waals surface area contributed by atoms with Crippen molar-refractivity contribution in [3.05, 3.63) is 66.2 Å². The summed E-state index contributed by atoms with van der Waals surface area (Å²) in [6.07, 6.45) is 2.86. The highest BCUT2D eigenvalue weighted by Gasteiger charge is 2.42. The van der Waals surface area contributed by atoms with Gasteiger partial charge in [0.15, 0.2) is 0 Å². The molecule has 6 heteroatoms. The van der Waals surface area contributed by atoms with Gasteiger partial charge in [-0.05, 0) is 49.8 Å². The maximum Gasteiger partial charge on any atom is 0.240 e. The zero-order valence-electron chi connectivity index (χ0n) is 15.9. The lowest BCUT2D eigenvalue weighted by molar-refractivity contribution is 0.0946. The van der Waals surface area contributed by atoms with Crippen molar-refractivity contribution in [1.82, 2.24) is 10.0 Å². The molecule has 2 aromatic carbocycles. The van der Waals surface area contributed by atoms with E-state index < -0.39 is 15.7 Å². The minimum Gasteiger partial charge on any atom is -0.310 e. The summed E-state index contributed by atoms with van der Waals surface area (Å²) in [5, 5.41) is 3.39. The molecule has 2 aliphatic rings. The normalized spacial score (nSPS) is 30.1. The highest BCUT2D eigenvalue weighted by atomic mass is 32.2. The predicted molar refractivity (Wildman–Crippen MR) is 108 cm³/mol. The van der Waals surface area contributed by atoms with Crippen molar-refractivity contribution < 1.29 is 12.8 Å². The minimum absolute atomic E-state index is 0.202. The van der Waals surface area contributed by atoms with Gasteiger partial charge in [0.2, 0.25) is 10.0 Å². The molecule has 2 N–H and O–H groups in total. The second-order valence-electron chi connectivity index (χ2n) is 8.10. The second kappa shape index (κ2) is 7.93. The maximum atomic E-state index is 15.2. The molecule has 2 atom stereocenters. The van der Waals surface area contributed by atoms with Crippen LogP contribution < -0.4 is 10.0 Å². The zero-order valence-corrected chi connectivity index (χ0v) is 16.7. The quantitative estimate of drug-likeness (QED) is 0.741. The van der Waals surface area contributed by atoms with Crippen LogP contribution in [0.3, 0.4) is 0 Å². The number of alkyl halides is 1. The summed E-state index contributed by atoms with van der Waals surface area (Å²) in [5.41, 5.74) is 0.0605. The fourth-order valence-electron chi connectivity index (χ4n) is 4.12. The molecule has 0 aromatic heterocycles. The molecule has 0 unspecified atom stereocenters. The summed E-state index contributed by atoms with van der Waals surface area (Å²) in [5.74, 6) is 0.485. The first-order valence-corrected chi connectivity index (χ1v) is 11.5. The summed E-state index contributed by atoms with van der Waals surface area (Å²) in [4.78, 5) is 0.259. The van der Waals surface area contributed by atoms with E-state index in [0.717, 1.165) is 6.42 Å². The lowest BCUT2D eigenvalue weighted by Crippen LogP contribution is -2.46. The summed E-state index contributed by atoms with van der Waals surface area (Å²) >= 11 is 0. The Morgan fingerprint density at radius 2 is 1.57 bits per heavy atom. The Hall–Kier alpha value is -1.76. The molecule has 0 bridgehead atoms. The van der Waals surface area contributed by atoms with Gasteiger partial charge in [-0.2, -0.15) is 0 Å².